The first-order valence-electron chi connectivity index (χ1n) is 7.89. The van der Waals surface area contributed by atoms with Crippen molar-refractivity contribution < 1.29 is 0 Å². The number of anilines is 1. The lowest BCUT2D eigenvalue weighted by Crippen LogP contribution is -2.35. The Kier molecular flexibility index (Phi) is 4.07. The lowest BCUT2D eigenvalue weighted by atomic mass is 9.93. The predicted molar refractivity (Wildman–Crippen MR) is 81.8 cm³/mol. The van der Waals surface area contributed by atoms with Crippen molar-refractivity contribution in [3.05, 3.63) is 29.8 Å². The first-order chi connectivity index (χ1) is 9.33. The average Bonchev–Trinajstić information content (AvgIpc) is 2.91. The van der Waals surface area contributed by atoms with Crippen LogP contribution in [0.3, 0.4) is 0 Å². The van der Waals surface area contributed by atoms with Crippen molar-refractivity contribution in [2.24, 2.45) is 5.92 Å². The molecule has 2 atom stereocenters. The number of rotatable bonds is 4. The van der Waals surface area contributed by atoms with Crippen LogP contribution in [0.25, 0.3) is 0 Å². The molecule has 3 rings (SSSR count). The van der Waals surface area contributed by atoms with Gasteiger partial charge in [0.1, 0.15) is 0 Å². The van der Waals surface area contributed by atoms with Crippen LogP contribution in [0.2, 0.25) is 0 Å². The molecule has 2 unspecified atom stereocenters. The van der Waals surface area contributed by atoms with E-state index < -0.39 is 0 Å². The van der Waals surface area contributed by atoms with E-state index in [1.54, 1.807) is 5.56 Å². The Morgan fingerprint density at radius 2 is 2.21 bits per heavy atom. The first kappa shape index (κ1) is 13.0. The molecule has 0 spiro atoms. The van der Waals surface area contributed by atoms with Gasteiger partial charge >= 0.3 is 0 Å². The van der Waals surface area contributed by atoms with Crippen molar-refractivity contribution >= 4 is 5.69 Å². The largest absolute Gasteiger partial charge is 0.371 e. The standard InChI is InChI=1S/C17H26N2/c1-14-12-15-6-2-3-9-17(15)19(13-14)11-5-8-16-7-4-10-18-16/h2-3,6,9,14,16,18H,4-5,7-8,10-13H2,1H3. The molecule has 2 nitrogen and oxygen atoms in total. The fourth-order valence-corrected chi connectivity index (χ4v) is 3.65. The summed E-state index contributed by atoms with van der Waals surface area (Å²) in [6, 6.07) is 9.75. The fourth-order valence-electron chi connectivity index (χ4n) is 3.65. The number of hydrogen-bond donors (Lipinski definition) is 1. The molecule has 0 aliphatic carbocycles. The smallest absolute Gasteiger partial charge is 0.0398 e. The summed E-state index contributed by atoms with van der Waals surface area (Å²) in [5, 5.41) is 3.60. The Morgan fingerprint density at radius 3 is 3.05 bits per heavy atom. The number of nitrogens with zero attached hydrogens (tertiary/aromatic N) is 1. The second-order valence-electron chi connectivity index (χ2n) is 6.32. The van der Waals surface area contributed by atoms with Gasteiger partial charge in [-0.1, -0.05) is 25.1 Å². The molecule has 0 amide bonds. The molecule has 1 saturated heterocycles. The van der Waals surface area contributed by atoms with Gasteiger partial charge in [0.2, 0.25) is 0 Å². The minimum atomic E-state index is 0.789. The van der Waals surface area contributed by atoms with E-state index in [0.717, 1.165) is 12.0 Å². The molecule has 1 fully saturated rings. The third-order valence-electron chi connectivity index (χ3n) is 4.58. The SMILES string of the molecule is CC1Cc2ccccc2N(CCCC2CCCN2)C1. The number of hydrogen-bond acceptors (Lipinski definition) is 2. The van der Waals surface area contributed by atoms with Gasteiger partial charge in [-0.2, -0.15) is 0 Å². The summed E-state index contributed by atoms with van der Waals surface area (Å²) in [5.74, 6) is 0.791. The van der Waals surface area contributed by atoms with Crippen LogP contribution < -0.4 is 10.2 Å². The summed E-state index contributed by atoms with van der Waals surface area (Å²) in [6.45, 7) is 6.06. The predicted octanol–water partition coefficient (Wildman–Crippen LogP) is 3.22. The highest BCUT2D eigenvalue weighted by Gasteiger charge is 2.21. The third kappa shape index (κ3) is 3.11. The van der Waals surface area contributed by atoms with E-state index in [1.807, 2.05) is 0 Å². The highest BCUT2D eigenvalue weighted by atomic mass is 15.1. The highest BCUT2D eigenvalue weighted by molar-refractivity contribution is 5.55. The van der Waals surface area contributed by atoms with Crippen LogP contribution in [0.5, 0.6) is 0 Å². The monoisotopic (exact) mass is 258 g/mol. The molecule has 2 heterocycles. The van der Waals surface area contributed by atoms with Crippen molar-refractivity contribution in [3.8, 4) is 0 Å². The molecule has 1 aromatic carbocycles. The van der Waals surface area contributed by atoms with Gasteiger partial charge in [0.25, 0.3) is 0 Å². The van der Waals surface area contributed by atoms with Crippen molar-refractivity contribution in [1.29, 1.82) is 0 Å². The normalized spacial score (nSPS) is 26.5. The van der Waals surface area contributed by atoms with Crippen LogP contribution >= 0.6 is 0 Å². The maximum Gasteiger partial charge on any atom is 0.0398 e. The van der Waals surface area contributed by atoms with Crippen LogP contribution in [0.15, 0.2) is 24.3 Å². The van der Waals surface area contributed by atoms with E-state index >= 15 is 0 Å². The molecule has 1 aromatic rings. The molecule has 104 valence electrons. The van der Waals surface area contributed by atoms with Crippen LogP contribution in [0.1, 0.15) is 38.2 Å². The van der Waals surface area contributed by atoms with E-state index in [0.29, 0.717) is 0 Å². The van der Waals surface area contributed by atoms with Gasteiger partial charge in [-0.05, 0) is 56.2 Å². The van der Waals surface area contributed by atoms with Crippen LogP contribution in [0.4, 0.5) is 5.69 Å². The molecule has 0 bridgehead atoms. The third-order valence-corrected chi connectivity index (χ3v) is 4.58. The van der Waals surface area contributed by atoms with E-state index in [4.69, 9.17) is 0 Å². The maximum atomic E-state index is 3.60. The fraction of sp³-hybridized carbons (Fsp3) is 0.647. The van der Waals surface area contributed by atoms with Gasteiger partial charge in [0.05, 0.1) is 0 Å². The topological polar surface area (TPSA) is 15.3 Å². The van der Waals surface area contributed by atoms with E-state index in [9.17, 15) is 0 Å². The van der Waals surface area contributed by atoms with Gasteiger partial charge < -0.3 is 10.2 Å². The average molecular weight is 258 g/mol. The summed E-state index contributed by atoms with van der Waals surface area (Å²) in [4.78, 5) is 2.61. The van der Waals surface area contributed by atoms with E-state index in [2.05, 4.69) is 41.4 Å². The summed E-state index contributed by atoms with van der Waals surface area (Å²) in [7, 11) is 0. The molecular weight excluding hydrogens is 232 g/mol. The summed E-state index contributed by atoms with van der Waals surface area (Å²) in [6.07, 6.45) is 6.66. The number of benzene rings is 1. The zero-order chi connectivity index (χ0) is 13.1. The number of nitrogens with one attached hydrogen (secondary N) is 1. The molecule has 1 N–H and O–H groups in total. The van der Waals surface area contributed by atoms with Gasteiger partial charge in [0.15, 0.2) is 0 Å². The second kappa shape index (κ2) is 5.96. The minimum Gasteiger partial charge on any atom is -0.371 e. The molecule has 2 heteroatoms. The Labute approximate surface area is 117 Å². The van der Waals surface area contributed by atoms with Crippen LogP contribution in [-0.4, -0.2) is 25.7 Å². The molecule has 0 saturated carbocycles. The summed E-state index contributed by atoms with van der Waals surface area (Å²) < 4.78 is 0. The molecule has 0 radical (unpaired) electrons. The van der Waals surface area contributed by atoms with Crippen molar-refractivity contribution in [3.63, 3.8) is 0 Å². The lowest BCUT2D eigenvalue weighted by molar-refractivity contribution is 0.496. The Morgan fingerprint density at radius 1 is 1.32 bits per heavy atom. The quantitative estimate of drug-likeness (QED) is 0.892. The Balaban J connectivity index is 1.58. The van der Waals surface area contributed by atoms with E-state index in [-0.39, 0.29) is 0 Å². The van der Waals surface area contributed by atoms with Crippen LogP contribution in [0, 0.1) is 5.92 Å². The summed E-state index contributed by atoms with van der Waals surface area (Å²) >= 11 is 0. The number of para-hydroxylation sites is 1. The first-order valence-corrected chi connectivity index (χ1v) is 7.89. The highest BCUT2D eigenvalue weighted by Crippen LogP contribution is 2.29. The van der Waals surface area contributed by atoms with Gasteiger partial charge in [0, 0.05) is 24.8 Å². The van der Waals surface area contributed by atoms with Crippen LogP contribution in [-0.2, 0) is 6.42 Å². The van der Waals surface area contributed by atoms with Gasteiger partial charge in [-0.3, -0.25) is 0 Å². The lowest BCUT2D eigenvalue weighted by Gasteiger charge is -2.35. The summed E-state index contributed by atoms with van der Waals surface area (Å²) in [5.41, 5.74) is 3.03. The Bertz CT molecular complexity index is 409. The molecule has 19 heavy (non-hydrogen) atoms. The Hall–Kier alpha value is -1.02. The van der Waals surface area contributed by atoms with E-state index in [1.165, 1.54) is 57.4 Å². The van der Waals surface area contributed by atoms with Gasteiger partial charge in [-0.25, -0.2) is 0 Å². The molecule has 0 aromatic heterocycles. The zero-order valence-electron chi connectivity index (χ0n) is 12.1. The molecule has 2 aliphatic heterocycles. The number of fused-ring (bicyclic) bond motifs is 1. The van der Waals surface area contributed by atoms with Crippen molar-refractivity contribution in [1.82, 2.24) is 5.32 Å². The van der Waals surface area contributed by atoms with Crippen molar-refractivity contribution in [2.45, 2.75) is 45.1 Å². The van der Waals surface area contributed by atoms with Crippen molar-refractivity contribution in [2.75, 3.05) is 24.5 Å². The minimum absolute atomic E-state index is 0.789. The molecule has 2 aliphatic rings. The van der Waals surface area contributed by atoms with Gasteiger partial charge in [-0.15, -0.1) is 0 Å². The second-order valence-corrected chi connectivity index (χ2v) is 6.32. The zero-order valence-corrected chi connectivity index (χ0v) is 12.1. The maximum absolute atomic E-state index is 3.60. The molecular formula is C17H26N2.